The lowest BCUT2D eigenvalue weighted by Crippen LogP contribution is -2.44. The summed E-state index contributed by atoms with van der Waals surface area (Å²) in [4.78, 5) is 23.3. The number of aliphatic imine (C=N–C) groups is 1. The number of thiazole rings is 1. The van der Waals surface area contributed by atoms with Crippen LogP contribution in [0.15, 0.2) is 40.7 Å². The second-order valence-corrected chi connectivity index (χ2v) is 9.17. The van der Waals surface area contributed by atoms with Crippen LogP contribution in [-0.4, -0.2) is 60.3 Å². The minimum Gasteiger partial charge on any atom is -0.444 e. The topological polar surface area (TPSA) is 78.9 Å². The van der Waals surface area contributed by atoms with E-state index in [1.54, 1.807) is 18.4 Å². The predicted octanol–water partition coefficient (Wildman–Crippen LogP) is 4.15. The van der Waals surface area contributed by atoms with Gasteiger partial charge in [-0.3, -0.25) is 4.99 Å². The Balaban J connectivity index is 0.00000341. The maximum absolute atomic E-state index is 12.0. The van der Waals surface area contributed by atoms with Gasteiger partial charge in [0.25, 0.3) is 0 Å². The molecule has 9 heteroatoms. The van der Waals surface area contributed by atoms with Gasteiger partial charge in [0.1, 0.15) is 10.6 Å². The van der Waals surface area contributed by atoms with Crippen molar-refractivity contribution >= 4 is 47.4 Å². The van der Waals surface area contributed by atoms with Crippen LogP contribution >= 0.6 is 35.3 Å². The number of nitrogens with zero attached hydrogens (tertiary/aromatic N) is 3. The monoisotopic (exact) mass is 557 g/mol. The Kier molecular flexibility index (Phi) is 9.54. The molecule has 1 aromatic heterocycles. The van der Waals surface area contributed by atoms with Crippen LogP contribution in [0.25, 0.3) is 10.6 Å². The molecule has 0 saturated carbocycles. The number of amides is 1. The number of halogens is 1. The van der Waals surface area contributed by atoms with Crippen molar-refractivity contribution in [3.8, 4) is 10.6 Å². The van der Waals surface area contributed by atoms with Crippen LogP contribution in [0.1, 0.15) is 32.9 Å². The van der Waals surface area contributed by atoms with E-state index in [0.29, 0.717) is 6.54 Å². The minimum absolute atomic E-state index is 0. The average molecular weight is 558 g/mol. The molecule has 1 fully saturated rings. The number of nitrogens with one attached hydrogen (secondary N) is 2. The number of hydrogen-bond donors (Lipinski definition) is 2. The van der Waals surface area contributed by atoms with E-state index < -0.39 is 5.60 Å². The van der Waals surface area contributed by atoms with Crippen molar-refractivity contribution in [2.24, 2.45) is 4.99 Å². The number of likely N-dealkylation sites (tertiary alicyclic amines) is 1. The molecule has 2 aromatic rings. The van der Waals surface area contributed by atoms with Gasteiger partial charge in [-0.05, 0) is 27.2 Å². The van der Waals surface area contributed by atoms with E-state index in [1.807, 2.05) is 39.0 Å². The zero-order valence-corrected chi connectivity index (χ0v) is 21.7. The van der Waals surface area contributed by atoms with Crippen LogP contribution in [0.5, 0.6) is 0 Å². The summed E-state index contributed by atoms with van der Waals surface area (Å²) in [5, 5.41) is 9.53. The maximum Gasteiger partial charge on any atom is 0.407 e. The normalized spacial score (nSPS) is 16.6. The van der Waals surface area contributed by atoms with Crippen molar-refractivity contribution in [2.45, 2.75) is 45.3 Å². The third-order valence-corrected chi connectivity index (χ3v) is 5.60. The van der Waals surface area contributed by atoms with E-state index in [9.17, 15) is 4.79 Å². The third kappa shape index (κ3) is 7.95. The van der Waals surface area contributed by atoms with Crippen molar-refractivity contribution in [3.05, 3.63) is 41.4 Å². The van der Waals surface area contributed by atoms with Gasteiger partial charge >= 0.3 is 6.09 Å². The molecule has 1 atom stereocenters. The molecule has 2 N–H and O–H groups in total. The average Bonchev–Trinajstić information content (AvgIpc) is 3.34. The van der Waals surface area contributed by atoms with Gasteiger partial charge in [0.2, 0.25) is 0 Å². The largest absolute Gasteiger partial charge is 0.444 e. The van der Waals surface area contributed by atoms with Crippen LogP contribution in [0.2, 0.25) is 0 Å². The summed E-state index contributed by atoms with van der Waals surface area (Å²) < 4.78 is 5.35. The summed E-state index contributed by atoms with van der Waals surface area (Å²) in [6.45, 7) is 7.91. The van der Waals surface area contributed by atoms with E-state index in [-0.39, 0.29) is 36.1 Å². The Bertz CT molecular complexity index is 866. The fourth-order valence-electron chi connectivity index (χ4n) is 3.31. The number of guanidine groups is 1. The molecule has 0 unspecified atom stereocenters. The lowest BCUT2D eigenvalue weighted by molar-refractivity contribution is 0.0507. The molecule has 2 heterocycles. The van der Waals surface area contributed by atoms with Crippen LogP contribution in [0.4, 0.5) is 4.79 Å². The molecule has 3 rings (SSSR count). The standard InChI is InChI=1S/C22H31N5O2S.HI/c1-22(2,3)29-21(28)26-17-11-13-27(14-17)20(23-4)24-12-10-18-15-30-19(25-18)16-8-6-5-7-9-16;/h5-9,15,17H,10-14H2,1-4H3,(H,23,24)(H,26,28);1H/t17-;/m1./s1. The molecule has 0 bridgehead atoms. The van der Waals surface area contributed by atoms with Crippen LogP contribution < -0.4 is 10.6 Å². The zero-order chi connectivity index (χ0) is 21.6. The van der Waals surface area contributed by atoms with Gasteiger partial charge in [-0.25, -0.2) is 9.78 Å². The van der Waals surface area contributed by atoms with Gasteiger partial charge in [0, 0.05) is 44.0 Å². The van der Waals surface area contributed by atoms with E-state index in [4.69, 9.17) is 9.72 Å². The lowest BCUT2D eigenvalue weighted by atomic mass is 10.2. The Morgan fingerprint density at radius 3 is 2.74 bits per heavy atom. The van der Waals surface area contributed by atoms with Crippen molar-refractivity contribution in [1.82, 2.24) is 20.5 Å². The number of ether oxygens (including phenoxy) is 1. The Morgan fingerprint density at radius 2 is 2.06 bits per heavy atom. The molecule has 1 aliphatic rings. The van der Waals surface area contributed by atoms with E-state index in [0.717, 1.165) is 48.2 Å². The van der Waals surface area contributed by atoms with Gasteiger partial charge in [-0.1, -0.05) is 30.3 Å². The molecule has 1 aliphatic heterocycles. The third-order valence-electron chi connectivity index (χ3n) is 4.66. The van der Waals surface area contributed by atoms with Crippen molar-refractivity contribution < 1.29 is 9.53 Å². The first-order chi connectivity index (χ1) is 14.3. The molecular formula is C22H32IN5O2S. The van der Waals surface area contributed by atoms with E-state index >= 15 is 0 Å². The van der Waals surface area contributed by atoms with E-state index in [2.05, 4.69) is 38.0 Å². The molecule has 0 spiro atoms. The fraction of sp³-hybridized carbons (Fsp3) is 0.500. The number of rotatable bonds is 5. The molecule has 1 amide bonds. The van der Waals surface area contributed by atoms with Crippen LogP contribution in [0, 0.1) is 0 Å². The van der Waals surface area contributed by atoms with Crippen molar-refractivity contribution in [3.63, 3.8) is 0 Å². The quantitative estimate of drug-likeness (QED) is 0.328. The number of carbonyl (C=O) groups is 1. The second-order valence-electron chi connectivity index (χ2n) is 8.31. The summed E-state index contributed by atoms with van der Waals surface area (Å²) in [5.41, 5.74) is 1.74. The highest BCUT2D eigenvalue weighted by Crippen LogP contribution is 2.23. The number of benzene rings is 1. The number of hydrogen-bond acceptors (Lipinski definition) is 5. The molecule has 1 aromatic carbocycles. The minimum atomic E-state index is -0.490. The first kappa shape index (κ1) is 25.4. The second kappa shape index (κ2) is 11.7. The van der Waals surface area contributed by atoms with Gasteiger partial charge in [0.05, 0.1) is 11.7 Å². The molecule has 31 heavy (non-hydrogen) atoms. The molecule has 0 aliphatic carbocycles. The summed E-state index contributed by atoms with van der Waals surface area (Å²) in [7, 11) is 1.79. The number of alkyl carbamates (subject to hydrolysis) is 1. The smallest absolute Gasteiger partial charge is 0.407 e. The molecule has 7 nitrogen and oxygen atoms in total. The first-order valence-corrected chi connectivity index (χ1v) is 11.2. The Morgan fingerprint density at radius 1 is 1.32 bits per heavy atom. The number of aromatic nitrogens is 1. The van der Waals surface area contributed by atoms with E-state index in [1.165, 1.54) is 0 Å². The fourth-order valence-corrected chi connectivity index (χ4v) is 4.17. The molecular weight excluding hydrogens is 525 g/mol. The van der Waals surface area contributed by atoms with Gasteiger partial charge in [-0.2, -0.15) is 0 Å². The van der Waals surface area contributed by atoms with Crippen LogP contribution in [-0.2, 0) is 11.2 Å². The van der Waals surface area contributed by atoms with Crippen molar-refractivity contribution in [2.75, 3.05) is 26.7 Å². The van der Waals surface area contributed by atoms with Crippen molar-refractivity contribution in [1.29, 1.82) is 0 Å². The molecule has 0 radical (unpaired) electrons. The highest BCUT2D eigenvalue weighted by Gasteiger charge is 2.27. The predicted molar refractivity (Wildman–Crippen MR) is 137 cm³/mol. The highest BCUT2D eigenvalue weighted by atomic mass is 127. The summed E-state index contributed by atoms with van der Waals surface area (Å²) in [6, 6.07) is 10.3. The number of carbonyl (C=O) groups excluding carboxylic acids is 1. The molecule has 170 valence electrons. The Hall–Kier alpha value is -1.88. The van der Waals surface area contributed by atoms with Gasteiger partial charge in [0.15, 0.2) is 5.96 Å². The Labute approximate surface area is 205 Å². The molecule has 1 saturated heterocycles. The lowest BCUT2D eigenvalue weighted by Gasteiger charge is -2.23. The zero-order valence-electron chi connectivity index (χ0n) is 18.6. The summed E-state index contributed by atoms with van der Waals surface area (Å²) in [5.74, 6) is 0.849. The maximum atomic E-state index is 12.0. The highest BCUT2D eigenvalue weighted by molar-refractivity contribution is 14.0. The van der Waals surface area contributed by atoms with Gasteiger partial charge in [-0.15, -0.1) is 35.3 Å². The summed E-state index contributed by atoms with van der Waals surface area (Å²) >= 11 is 1.67. The first-order valence-electron chi connectivity index (χ1n) is 10.3. The van der Waals surface area contributed by atoms with Crippen LogP contribution in [0.3, 0.4) is 0 Å². The summed E-state index contributed by atoms with van der Waals surface area (Å²) in [6.07, 6.45) is 1.33. The van der Waals surface area contributed by atoms with Gasteiger partial charge < -0.3 is 20.3 Å². The SMILES string of the molecule is CN=C(NCCc1csc(-c2ccccc2)n1)N1CC[C@@H](NC(=O)OC(C)(C)C)C1.I.